The summed E-state index contributed by atoms with van der Waals surface area (Å²) in [6, 6.07) is 0. The molecule has 0 atom stereocenters. The van der Waals surface area contributed by atoms with Crippen LogP contribution in [-0.2, 0) is 14.4 Å². The van der Waals surface area contributed by atoms with E-state index >= 15 is 0 Å². The maximum atomic E-state index is 9.00. The Bertz CT molecular complexity index is 123. The van der Waals surface area contributed by atoms with Gasteiger partial charge in [0.1, 0.15) is 0 Å². The molecule has 0 saturated heterocycles. The number of aliphatic carboxylic acids is 3. The Morgan fingerprint density at radius 3 is 0.667 bits per heavy atom. The van der Waals surface area contributed by atoms with E-state index < -0.39 is 17.9 Å². The Hall–Kier alpha value is 0.250. The van der Waals surface area contributed by atoms with Gasteiger partial charge in [0.15, 0.2) is 0 Å². The molecule has 0 aromatic heterocycles. The molecule has 0 saturated carbocycles. The molecule has 0 bridgehead atoms. The van der Waals surface area contributed by atoms with Crippen molar-refractivity contribution < 1.29 is 54.5 Å². The minimum absolute atomic E-state index is 0. The Labute approximate surface area is 130 Å². The summed E-state index contributed by atoms with van der Waals surface area (Å²) >= 11 is 0. The Kier molecular flexibility index (Phi) is 70.5. The monoisotopic (exact) mass is 290 g/mol. The zero-order valence-electron chi connectivity index (χ0n) is 8.53. The van der Waals surface area contributed by atoms with Gasteiger partial charge < -0.3 is 40.1 Å². The molecule has 0 rings (SSSR count). The van der Waals surface area contributed by atoms with Crippen molar-refractivity contribution in [2.45, 2.75) is 20.8 Å². The van der Waals surface area contributed by atoms with Crippen LogP contribution in [0.25, 0.3) is 0 Å². The molecule has 0 aliphatic rings. The number of rotatable bonds is 0. The SMILES string of the molecule is CC(=O)O.CC(=O)O.CC(=O)O.[Ca+2].[Cl-].[Cl-]. The van der Waals surface area contributed by atoms with Crippen molar-refractivity contribution in [2.75, 3.05) is 0 Å². The summed E-state index contributed by atoms with van der Waals surface area (Å²) in [5, 5.41) is 22.2. The van der Waals surface area contributed by atoms with E-state index in [0.29, 0.717) is 0 Å². The third kappa shape index (κ3) is 34300. The summed E-state index contributed by atoms with van der Waals surface area (Å²) in [7, 11) is 0. The van der Waals surface area contributed by atoms with E-state index in [1.165, 1.54) is 0 Å². The van der Waals surface area contributed by atoms with Crippen LogP contribution >= 0.6 is 0 Å². The molecule has 0 radical (unpaired) electrons. The largest absolute Gasteiger partial charge is 2.00 e. The minimum Gasteiger partial charge on any atom is -1.00 e. The topological polar surface area (TPSA) is 112 Å². The number of carboxylic acid groups (broad SMARTS) is 3. The maximum Gasteiger partial charge on any atom is 2.00 e. The summed E-state index contributed by atoms with van der Waals surface area (Å²) in [6.07, 6.45) is 0. The van der Waals surface area contributed by atoms with E-state index in [9.17, 15) is 0 Å². The van der Waals surface area contributed by atoms with Crippen LogP contribution in [-0.4, -0.2) is 71.0 Å². The van der Waals surface area contributed by atoms with Gasteiger partial charge in [-0.2, -0.15) is 0 Å². The Morgan fingerprint density at radius 1 is 0.667 bits per heavy atom. The van der Waals surface area contributed by atoms with Crippen LogP contribution in [0.3, 0.4) is 0 Å². The molecule has 0 aliphatic heterocycles. The van der Waals surface area contributed by atoms with Crippen LogP contribution in [0.2, 0.25) is 0 Å². The molecule has 6 nitrogen and oxygen atoms in total. The van der Waals surface area contributed by atoms with Gasteiger partial charge in [-0.3, -0.25) is 14.4 Å². The average molecular weight is 291 g/mol. The normalized spacial score (nSPS) is 5.00. The molecule has 0 aromatic rings. The van der Waals surface area contributed by atoms with Crippen molar-refractivity contribution in [1.82, 2.24) is 0 Å². The van der Waals surface area contributed by atoms with E-state index in [0.717, 1.165) is 20.8 Å². The Morgan fingerprint density at radius 2 is 0.667 bits per heavy atom. The van der Waals surface area contributed by atoms with Gasteiger partial charge in [-0.15, -0.1) is 0 Å². The van der Waals surface area contributed by atoms with Crippen LogP contribution in [0.4, 0.5) is 0 Å². The van der Waals surface area contributed by atoms with Crippen LogP contribution in [0, 0.1) is 0 Å². The fourth-order valence-corrected chi connectivity index (χ4v) is 0. The smallest absolute Gasteiger partial charge is 1.00 e. The molecule has 9 heteroatoms. The van der Waals surface area contributed by atoms with E-state index in [2.05, 4.69) is 0 Å². The van der Waals surface area contributed by atoms with Gasteiger partial charge in [0.2, 0.25) is 0 Å². The summed E-state index contributed by atoms with van der Waals surface area (Å²) in [4.78, 5) is 27.0. The molecule has 15 heavy (non-hydrogen) atoms. The molecule has 0 fully saturated rings. The number of hydrogen-bond acceptors (Lipinski definition) is 3. The van der Waals surface area contributed by atoms with Crippen LogP contribution < -0.4 is 24.8 Å². The molecule has 0 aliphatic carbocycles. The van der Waals surface area contributed by atoms with E-state index in [-0.39, 0.29) is 62.6 Å². The second-order valence-electron chi connectivity index (χ2n) is 1.56. The van der Waals surface area contributed by atoms with Crippen molar-refractivity contribution in [3.05, 3.63) is 0 Å². The number of carbonyl (C=O) groups is 3. The van der Waals surface area contributed by atoms with Crippen LogP contribution in [0.15, 0.2) is 0 Å². The van der Waals surface area contributed by atoms with Crippen LogP contribution in [0.5, 0.6) is 0 Å². The Balaban J connectivity index is -0.0000000184. The molecular weight excluding hydrogens is 279 g/mol. The standard InChI is InChI=1S/3C2H4O2.Ca.2ClH/c3*1-2(3)4;;;/h3*1H3,(H,3,4);;2*1H/q;;;+2;;/p-2. The van der Waals surface area contributed by atoms with Gasteiger partial charge in [-0.05, 0) is 0 Å². The fraction of sp³-hybridized carbons (Fsp3) is 0.500. The van der Waals surface area contributed by atoms with Crippen molar-refractivity contribution in [1.29, 1.82) is 0 Å². The number of hydrogen-bond donors (Lipinski definition) is 3. The third-order valence-electron chi connectivity index (χ3n) is 0. The molecule has 0 amide bonds. The van der Waals surface area contributed by atoms with Crippen molar-refractivity contribution in [2.24, 2.45) is 0 Å². The average Bonchev–Trinajstić information content (AvgIpc) is 1.54. The van der Waals surface area contributed by atoms with Gasteiger partial charge in [-0.1, -0.05) is 0 Å². The number of halogens is 2. The summed E-state index contributed by atoms with van der Waals surface area (Å²) in [6.45, 7) is 3.25. The zero-order valence-corrected chi connectivity index (χ0v) is 12.2. The second-order valence-corrected chi connectivity index (χ2v) is 1.56. The molecule has 0 unspecified atom stereocenters. The first-order valence-corrected chi connectivity index (χ1v) is 2.78. The fourth-order valence-electron chi connectivity index (χ4n) is 0. The maximum absolute atomic E-state index is 9.00. The predicted molar refractivity (Wildman–Crippen MR) is 45.7 cm³/mol. The van der Waals surface area contributed by atoms with Gasteiger partial charge in [-0.25, -0.2) is 0 Å². The third-order valence-corrected chi connectivity index (χ3v) is 0. The van der Waals surface area contributed by atoms with Crippen LogP contribution in [0.1, 0.15) is 20.8 Å². The first kappa shape index (κ1) is 36.2. The first-order chi connectivity index (χ1) is 5.20. The van der Waals surface area contributed by atoms with Crippen molar-refractivity contribution in [3.8, 4) is 0 Å². The second kappa shape index (κ2) is 29.2. The predicted octanol–water partition coefficient (Wildman–Crippen LogP) is -6.10. The van der Waals surface area contributed by atoms with Gasteiger partial charge >= 0.3 is 37.7 Å². The van der Waals surface area contributed by atoms with Gasteiger partial charge in [0.05, 0.1) is 0 Å². The summed E-state index contributed by atoms with van der Waals surface area (Å²) < 4.78 is 0. The molecular formula is C6H12CaCl2O6. The summed E-state index contributed by atoms with van der Waals surface area (Å²) in [5.74, 6) is -2.50. The molecule has 0 aromatic carbocycles. The zero-order chi connectivity index (χ0) is 10.7. The molecule has 0 heterocycles. The molecule has 0 spiro atoms. The minimum atomic E-state index is -0.833. The molecule has 3 N–H and O–H groups in total. The van der Waals surface area contributed by atoms with E-state index in [1.807, 2.05) is 0 Å². The van der Waals surface area contributed by atoms with Crippen molar-refractivity contribution in [3.63, 3.8) is 0 Å². The van der Waals surface area contributed by atoms with Gasteiger partial charge in [0.25, 0.3) is 17.9 Å². The van der Waals surface area contributed by atoms with Crippen molar-refractivity contribution >= 4 is 55.6 Å². The van der Waals surface area contributed by atoms with E-state index in [1.54, 1.807) is 0 Å². The first-order valence-electron chi connectivity index (χ1n) is 2.78. The quantitative estimate of drug-likeness (QED) is 0.383. The summed E-state index contributed by atoms with van der Waals surface area (Å²) in [5.41, 5.74) is 0. The van der Waals surface area contributed by atoms with Gasteiger partial charge in [0, 0.05) is 20.8 Å². The van der Waals surface area contributed by atoms with E-state index in [4.69, 9.17) is 29.7 Å². The number of carboxylic acids is 3. The molecule has 88 valence electrons.